The van der Waals surface area contributed by atoms with Gasteiger partial charge in [0.15, 0.2) is 5.75 Å². The number of rotatable bonds is 1. The Morgan fingerprint density at radius 2 is 1.93 bits per heavy atom. The average molecular weight is 246 g/mol. The molecule has 0 aromatic heterocycles. The number of carbonyl (C=O) groups excluding carboxylic acids is 2. The van der Waals surface area contributed by atoms with Crippen LogP contribution in [0.15, 0.2) is 6.07 Å². The number of carbonyl (C=O) groups is 2. The quantitative estimate of drug-likeness (QED) is 0.772. The molecule has 1 aliphatic rings. The monoisotopic (exact) mass is 245 g/mol. The summed E-state index contributed by atoms with van der Waals surface area (Å²) in [6.07, 6.45) is 0. The van der Waals surface area contributed by atoms with Crippen LogP contribution in [0, 0.1) is 0 Å². The predicted octanol–water partition coefficient (Wildman–Crippen LogP) is 2.14. The molecule has 1 aromatic rings. The van der Waals surface area contributed by atoms with Crippen molar-refractivity contribution >= 4 is 40.6 Å². The second kappa shape index (κ2) is 3.40. The molecular formula is C9H5Cl2NO3. The van der Waals surface area contributed by atoms with Crippen LogP contribution < -0.4 is 10.1 Å². The van der Waals surface area contributed by atoms with Gasteiger partial charge in [-0.3, -0.25) is 9.59 Å². The average Bonchev–Trinajstić information content (AvgIpc) is 2.44. The van der Waals surface area contributed by atoms with Crippen LogP contribution in [0.2, 0.25) is 10.0 Å². The van der Waals surface area contributed by atoms with Crippen molar-refractivity contribution in [1.82, 2.24) is 0 Å². The highest BCUT2D eigenvalue weighted by atomic mass is 35.5. The molecule has 1 N–H and O–H groups in total. The van der Waals surface area contributed by atoms with E-state index >= 15 is 0 Å². The topological polar surface area (TPSA) is 55.4 Å². The molecule has 1 heterocycles. The molecule has 0 fully saturated rings. The van der Waals surface area contributed by atoms with Crippen LogP contribution in [0.3, 0.4) is 0 Å². The number of anilines is 1. The number of nitrogens with one attached hydrogen (secondary N) is 1. The summed E-state index contributed by atoms with van der Waals surface area (Å²) in [6.45, 7) is 0. The number of fused-ring (bicyclic) bond motifs is 1. The van der Waals surface area contributed by atoms with Crippen LogP contribution >= 0.6 is 23.2 Å². The van der Waals surface area contributed by atoms with Gasteiger partial charge in [-0.2, -0.15) is 0 Å². The van der Waals surface area contributed by atoms with Gasteiger partial charge in [0.2, 0.25) is 0 Å². The van der Waals surface area contributed by atoms with Gasteiger partial charge in [-0.1, -0.05) is 23.2 Å². The number of methoxy groups -OCH3 is 1. The molecule has 0 atom stereocenters. The third kappa shape index (κ3) is 1.37. The zero-order valence-corrected chi connectivity index (χ0v) is 9.07. The van der Waals surface area contributed by atoms with Gasteiger partial charge in [0.05, 0.1) is 28.4 Å². The Hall–Kier alpha value is -1.26. The van der Waals surface area contributed by atoms with E-state index in [0.29, 0.717) is 0 Å². The highest BCUT2D eigenvalue weighted by molar-refractivity contribution is 6.55. The Morgan fingerprint density at radius 1 is 1.27 bits per heavy atom. The van der Waals surface area contributed by atoms with Gasteiger partial charge in [-0.05, 0) is 6.07 Å². The van der Waals surface area contributed by atoms with E-state index in [4.69, 9.17) is 27.9 Å². The lowest BCUT2D eigenvalue weighted by molar-refractivity contribution is -0.112. The lowest BCUT2D eigenvalue weighted by Crippen LogP contribution is -2.12. The summed E-state index contributed by atoms with van der Waals surface area (Å²) in [7, 11) is 1.39. The summed E-state index contributed by atoms with van der Waals surface area (Å²) in [5.41, 5.74) is 0.355. The summed E-state index contributed by atoms with van der Waals surface area (Å²) in [4.78, 5) is 22.5. The van der Waals surface area contributed by atoms with Crippen LogP contribution in [0.25, 0.3) is 0 Å². The first-order chi connectivity index (χ1) is 7.06. The van der Waals surface area contributed by atoms with Crippen molar-refractivity contribution in [3.8, 4) is 5.75 Å². The molecule has 1 aromatic carbocycles. The summed E-state index contributed by atoms with van der Waals surface area (Å²) in [5.74, 6) is -1.16. The summed E-state index contributed by atoms with van der Waals surface area (Å²) >= 11 is 11.6. The SMILES string of the molecule is COc1c(Cl)cc(Cl)c2c1NC(=O)C2=O. The number of amides is 1. The largest absolute Gasteiger partial charge is 0.493 e. The number of Topliss-reactive ketones (excluding diaryl/α,β-unsaturated/α-hetero) is 1. The Balaban J connectivity index is 2.76. The molecule has 0 unspecified atom stereocenters. The first kappa shape index (κ1) is 10.3. The molecule has 1 aliphatic heterocycles. The maximum Gasteiger partial charge on any atom is 0.297 e. The van der Waals surface area contributed by atoms with Crippen molar-refractivity contribution in [2.24, 2.45) is 0 Å². The fourth-order valence-corrected chi connectivity index (χ4v) is 2.05. The van der Waals surface area contributed by atoms with Crippen LogP contribution in [0.1, 0.15) is 10.4 Å². The number of hydrogen-bond donors (Lipinski definition) is 1. The van der Waals surface area contributed by atoms with E-state index in [1.54, 1.807) is 0 Å². The molecule has 78 valence electrons. The lowest BCUT2D eigenvalue weighted by Gasteiger charge is -2.08. The Bertz CT molecular complexity index is 485. The zero-order valence-electron chi connectivity index (χ0n) is 7.56. The number of ether oxygens (including phenoxy) is 1. The van der Waals surface area contributed by atoms with E-state index in [-0.39, 0.29) is 27.0 Å². The van der Waals surface area contributed by atoms with Crippen LogP contribution in [0.4, 0.5) is 5.69 Å². The number of benzene rings is 1. The van der Waals surface area contributed by atoms with E-state index in [2.05, 4.69) is 5.32 Å². The molecule has 0 aliphatic carbocycles. The van der Waals surface area contributed by atoms with Crippen LogP contribution in [-0.2, 0) is 4.79 Å². The highest BCUT2D eigenvalue weighted by Gasteiger charge is 2.34. The van der Waals surface area contributed by atoms with Crippen molar-refractivity contribution in [3.05, 3.63) is 21.7 Å². The minimum atomic E-state index is -0.729. The minimum Gasteiger partial charge on any atom is -0.493 e. The van der Waals surface area contributed by atoms with Crippen molar-refractivity contribution in [2.45, 2.75) is 0 Å². The first-order valence-corrected chi connectivity index (χ1v) is 4.73. The molecule has 2 rings (SSSR count). The molecule has 0 radical (unpaired) electrons. The smallest absolute Gasteiger partial charge is 0.297 e. The van der Waals surface area contributed by atoms with Gasteiger partial charge in [0.25, 0.3) is 11.7 Å². The first-order valence-electron chi connectivity index (χ1n) is 3.98. The van der Waals surface area contributed by atoms with Crippen molar-refractivity contribution in [2.75, 3.05) is 12.4 Å². The normalized spacial score (nSPS) is 13.8. The van der Waals surface area contributed by atoms with Gasteiger partial charge in [-0.25, -0.2) is 0 Å². The Morgan fingerprint density at radius 3 is 2.53 bits per heavy atom. The fourth-order valence-electron chi connectivity index (χ4n) is 1.43. The van der Waals surface area contributed by atoms with Gasteiger partial charge >= 0.3 is 0 Å². The molecule has 0 saturated heterocycles. The molecule has 4 nitrogen and oxygen atoms in total. The summed E-state index contributed by atoms with van der Waals surface area (Å²) < 4.78 is 4.98. The molecular weight excluding hydrogens is 241 g/mol. The molecule has 0 bridgehead atoms. The van der Waals surface area contributed by atoms with E-state index in [1.165, 1.54) is 13.2 Å². The Kier molecular flexibility index (Phi) is 2.32. The molecule has 0 saturated carbocycles. The molecule has 0 spiro atoms. The number of ketones is 1. The predicted molar refractivity (Wildman–Crippen MR) is 56.0 cm³/mol. The van der Waals surface area contributed by atoms with Crippen LogP contribution in [0.5, 0.6) is 5.75 Å². The van der Waals surface area contributed by atoms with Gasteiger partial charge in [0, 0.05) is 0 Å². The minimum absolute atomic E-state index is 0.114. The molecule has 6 heteroatoms. The van der Waals surface area contributed by atoms with Gasteiger partial charge in [-0.15, -0.1) is 0 Å². The number of hydrogen-bond acceptors (Lipinski definition) is 3. The van der Waals surface area contributed by atoms with Crippen molar-refractivity contribution in [3.63, 3.8) is 0 Å². The van der Waals surface area contributed by atoms with Gasteiger partial charge in [0.1, 0.15) is 0 Å². The van der Waals surface area contributed by atoms with E-state index < -0.39 is 11.7 Å². The highest BCUT2D eigenvalue weighted by Crippen LogP contribution is 2.42. The van der Waals surface area contributed by atoms with Crippen molar-refractivity contribution < 1.29 is 14.3 Å². The lowest BCUT2D eigenvalue weighted by atomic mass is 10.1. The van der Waals surface area contributed by atoms with E-state index in [0.717, 1.165) is 0 Å². The second-order valence-corrected chi connectivity index (χ2v) is 3.72. The maximum absolute atomic E-state index is 11.4. The Labute approximate surface area is 95.1 Å². The van der Waals surface area contributed by atoms with Gasteiger partial charge < -0.3 is 10.1 Å². The summed E-state index contributed by atoms with van der Waals surface area (Å²) in [6, 6.07) is 1.37. The zero-order chi connectivity index (χ0) is 11.2. The van der Waals surface area contributed by atoms with Crippen molar-refractivity contribution in [1.29, 1.82) is 0 Å². The fraction of sp³-hybridized carbons (Fsp3) is 0.111. The third-order valence-corrected chi connectivity index (χ3v) is 2.64. The van der Waals surface area contributed by atoms with E-state index in [1.807, 2.05) is 0 Å². The maximum atomic E-state index is 11.4. The summed E-state index contributed by atoms with van der Waals surface area (Å²) in [5, 5.41) is 2.75. The van der Waals surface area contributed by atoms with Crippen LogP contribution in [-0.4, -0.2) is 18.8 Å². The standard InChI is InChI=1S/C9H5Cl2NO3/c1-15-8-4(11)2-3(10)5-6(8)12-9(14)7(5)13/h2H,1H3,(H,12,13,14). The molecule has 1 amide bonds. The van der Waals surface area contributed by atoms with E-state index in [9.17, 15) is 9.59 Å². The molecule has 15 heavy (non-hydrogen) atoms. The second-order valence-electron chi connectivity index (χ2n) is 2.91. The number of halogens is 2. The third-order valence-electron chi connectivity index (χ3n) is 2.06.